The zero-order valence-corrected chi connectivity index (χ0v) is 11.7. The minimum absolute atomic E-state index is 0.0677. The molecule has 1 saturated heterocycles. The van der Waals surface area contributed by atoms with E-state index < -0.39 is 23.6 Å². The molecule has 0 saturated carbocycles. The SMILES string of the molecule is CN1C(=O)CC(n2c(CCl)nc3c(F)cc(F)cc32)C1=O. The third kappa shape index (κ3) is 1.99. The molecule has 0 aliphatic carbocycles. The molecular weight excluding hydrogens is 304 g/mol. The molecule has 1 aromatic heterocycles. The lowest BCUT2D eigenvalue weighted by molar-refractivity contribution is -0.137. The van der Waals surface area contributed by atoms with Crippen LogP contribution in [0.2, 0.25) is 0 Å². The van der Waals surface area contributed by atoms with Gasteiger partial charge >= 0.3 is 0 Å². The number of carbonyl (C=O) groups excluding carboxylic acids is 2. The van der Waals surface area contributed by atoms with E-state index in [1.54, 1.807) is 0 Å². The number of imidazole rings is 1. The molecule has 1 aliphatic heterocycles. The highest BCUT2D eigenvalue weighted by Gasteiger charge is 2.39. The summed E-state index contributed by atoms with van der Waals surface area (Å²) in [6, 6.07) is 0.922. The summed E-state index contributed by atoms with van der Waals surface area (Å²) in [5.74, 6) is -2.29. The number of likely N-dealkylation sites (tertiary alicyclic amines) is 1. The van der Waals surface area contributed by atoms with Gasteiger partial charge in [-0.1, -0.05) is 0 Å². The lowest BCUT2D eigenvalue weighted by Gasteiger charge is -2.14. The Morgan fingerprint density at radius 3 is 2.67 bits per heavy atom. The smallest absolute Gasteiger partial charge is 0.252 e. The molecule has 8 heteroatoms. The molecule has 3 rings (SSSR count). The zero-order valence-electron chi connectivity index (χ0n) is 10.9. The predicted octanol–water partition coefficient (Wildman–Crippen LogP) is 1.98. The van der Waals surface area contributed by atoms with Gasteiger partial charge in [-0.05, 0) is 0 Å². The van der Waals surface area contributed by atoms with E-state index in [4.69, 9.17) is 11.6 Å². The number of fused-ring (bicyclic) bond motifs is 1. The number of carbonyl (C=O) groups is 2. The predicted molar refractivity (Wildman–Crippen MR) is 70.6 cm³/mol. The second kappa shape index (κ2) is 4.77. The monoisotopic (exact) mass is 313 g/mol. The summed E-state index contributed by atoms with van der Waals surface area (Å²) in [6.45, 7) is 0. The molecule has 21 heavy (non-hydrogen) atoms. The first-order valence-electron chi connectivity index (χ1n) is 6.16. The highest BCUT2D eigenvalue weighted by Crippen LogP contribution is 2.31. The summed E-state index contributed by atoms with van der Waals surface area (Å²) >= 11 is 5.79. The molecular formula is C13H10ClF2N3O2. The number of nitrogens with zero attached hydrogens (tertiary/aromatic N) is 3. The van der Waals surface area contributed by atoms with Crippen LogP contribution in [0.5, 0.6) is 0 Å². The van der Waals surface area contributed by atoms with Gasteiger partial charge in [-0.2, -0.15) is 0 Å². The molecule has 0 radical (unpaired) electrons. The molecule has 1 fully saturated rings. The van der Waals surface area contributed by atoms with Crippen LogP contribution < -0.4 is 0 Å². The summed E-state index contributed by atoms with van der Waals surface area (Å²) in [6.07, 6.45) is -0.0805. The highest BCUT2D eigenvalue weighted by molar-refractivity contribution is 6.17. The van der Waals surface area contributed by atoms with E-state index in [1.165, 1.54) is 11.6 Å². The van der Waals surface area contributed by atoms with Crippen molar-refractivity contribution >= 4 is 34.4 Å². The highest BCUT2D eigenvalue weighted by atomic mass is 35.5. The maximum absolute atomic E-state index is 13.8. The van der Waals surface area contributed by atoms with Gasteiger partial charge in [0.25, 0.3) is 5.91 Å². The van der Waals surface area contributed by atoms with E-state index in [2.05, 4.69) is 4.98 Å². The van der Waals surface area contributed by atoms with Crippen molar-refractivity contribution < 1.29 is 18.4 Å². The summed E-state index contributed by atoms with van der Waals surface area (Å²) < 4.78 is 28.6. The Balaban J connectivity index is 2.26. The lowest BCUT2D eigenvalue weighted by Crippen LogP contribution is -2.27. The molecule has 1 atom stereocenters. The fourth-order valence-electron chi connectivity index (χ4n) is 2.55. The summed E-state index contributed by atoms with van der Waals surface area (Å²) in [5, 5.41) is 0. The Labute approximate surface area is 123 Å². The first-order valence-corrected chi connectivity index (χ1v) is 6.69. The van der Waals surface area contributed by atoms with Crippen molar-refractivity contribution in [2.45, 2.75) is 18.3 Å². The normalized spacial score (nSPS) is 19.0. The van der Waals surface area contributed by atoms with Gasteiger partial charge in [-0.15, -0.1) is 11.6 Å². The van der Waals surface area contributed by atoms with Crippen LogP contribution in [0.4, 0.5) is 8.78 Å². The Hall–Kier alpha value is -2.02. The van der Waals surface area contributed by atoms with Crippen LogP contribution in [0.1, 0.15) is 18.3 Å². The van der Waals surface area contributed by atoms with Crippen molar-refractivity contribution in [2.75, 3.05) is 7.05 Å². The van der Waals surface area contributed by atoms with E-state index in [0.717, 1.165) is 11.0 Å². The molecule has 2 aromatic rings. The van der Waals surface area contributed by atoms with Crippen LogP contribution >= 0.6 is 11.6 Å². The van der Waals surface area contributed by atoms with Crippen LogP contribution in [-0.2, 0) is 15.5 Å². The number of hydrogen-bond acceptors (Lipinski definition) is 3. The lowest BCUT2D eigenvalue weighted by atomic mass is 10.2. The van der Waals surface area contributed by atoms with Gasteiger partial charge in [0.1, 0.15) is 23.2 Å². The van der Waals surface area contributed by atoms with E-state index in [1.807, 2.05) is 0 Å². The van der Waals surface area contributed by atoms with Gasteiger partial charge in [0.2, 0.25) is 5.91 Å². The Kier molecular flexibility index (Phi) is 3.16. The Morgan fingerprint density at radius 2 is 2.10 bits per heavy atom. The standard InChI is InChI=1S/C13H10ClF2N3O2/c1-18-11(20)4-9(13(18)21)19-8-3-6(15)2-7(16)12(8)17-10(19)5-14/h2-3,9H,4-5H2,1H3. The summed E-state index contributed by atoms with van der Waals surface area (Å²) in [7, 11) is 1.37. The molecule has 110 valence electrons. The van der Waals surface area contributed by atoms with Crippen molar-refractivity contribution in [3.63, 3.8) is 0 Å². The van der Waals surface area contributed by atoms with Gasteiger partial charge in [0, 0.05) is 19.2 Å². The first-order chi connectivity index (χ1) is 9.93. The van der Waals surface area contributed by atoms with Crippen LogP contribution in [0.25, 0.3) is 11.0 Å². The van der Waals surface area contributed by atoms with Crippen LogP contribution in [-0.4, -0.2) is 33.3 Å². The quantitative estimate of drug-likeness (QED) is 0.629. The van der Waals surface area contributed by atoms with Gasteiger partial charge in [-0.3, -0.25) is 14.5 Å². The van der Waals surface area contributed by atoms with Crippen molar-refractivity contribution in [1.82, 2.24) is 14.5 Å². The number of rotatable bonds is 2. The molecule has 1 aliphatic rings. The van der Waals surface area contributed by atoms with Gasteiger partial charge in [0.15, 0.2) is 5.82 Å². The maximum Gasteiger partial charge on any atom is 0.252 e. The molecule has 0 spiro atoms. The Morgan fingerprint density at radius 1 is 1.38 bits per heavy atom. The molecule has 2 heterocycles. The number of aromatic nitrogens is 2. The largest absolute Gasteiger partial charge is 0.314 e. The van der Waals surface area contributed by atoms with E-state index >= 15 is 0 Å². The van der Waals surface area contributed by atoms with Gasteiger partial charge < -0.3 is 4.57 Å². The average Bonchev–Trinajstić information content (AvgIpc) is 2.91. The third-order valence-corrected chi connectivity index (χ3v) is 3.81. The molecule has 1 aromatic carbocycles. The minimum atomic E-state index is -0.873. The van der Waals surface area contributed by atoms with E-state index in [0.29, 0.717) is 6.07 Å². The molecule has 1 unspecified atom stereocenters. The zero-order chi connectivity index (χ0) is 15.3. The molecule has 0 bridgehead atoms. The van der Waals surface area contributed by atoms with Crippen molar-refractivity contribution in [3.8, 4) is 0 Å². The summed E-state index contributed by atoms with van der Waals surface area (Å²) in [5.41, 5.74) is 0.0476. The van der Waals surface area contributed by atoms with Crippen molar-refractivity contribution in [1.29, 1.82) is 0 Å². The fraction of sp³-hybridized carbons (Fsp3) is 0.308. The van der Waals surface area contributed by atoms with E-state index in [-0.39, 0.29) is 35.1 Å². The Bertz CT molecular complexity index is 774. The molecule has 5 nitrogen and oxygen atoms in total. The number of hydrogen-bond donors (Lipinski definition) is 0. The number of halogens is 3. The first kappa shape index (κ1) is 13.9. The van der Waals surface area contributed by atoms with Gasteiger partial charge in [-0.25, -0.2) is 13.8 Å². The van der Waals surface area contributed by atoms with Crippen LogP contribution in [0, 0.1) is 11.6 Å². The van der Waals surface area contributed by atoms with Crippen LogP contribution in [0.15, 0.2) is 12.1 Å². The van der Waals surface area contributed by atoms with Gasteiger partial charge in [0.05, 0.1) is 17.8 Å². The minimum Gasteiger partial charge on any atom is -0.314 e. The van der Waals surface area contributed by atoms with Crippen molar-refractivity contribution in [2.24, 2.45) is 0 Å². The number of imide groups is 1. The molecule has 0 N–H and O–H groups in total. The number of amides is 2. The fourth-order valence-corrected chi connectivity index (χ4v) is 2.74. The number of benzene rings is 1. The van der Waals surface area contributed by atoms with Crippen LogP contribution in [0.3, 0.4) is 0 Å². The third-order valence-electron chi connectivity index (χ3n) is 3.58. The van der Waals surface area contributed by atoms with Crippen molar-refractivity contribution in [3.05, 3.63) is 29.6 Å². The second-order valence-corrected chi connectivity index (χ2v) is 5.07. The van der Waals surface area contributed by atoms with E-state index in [9.17, 15) is 18.4 Å². The summed E-state index contributed by atoms with van der Waals surface area (Å²) in [4.78, 5) is 28.8. The molecule has 2 amide bonds. The maximum atomic E-state index is 13.8. The second-order valence-electron chi connectivity index (χ2n) is 4.80. The topological polar surface area (TPSA) is 55.2 Å². The number of alkyl halides is 1. The number of likely N-dealkylation sites (N-methyl/N-ethyl adjacent to an activating group) is 1. The average molecular weight is 314 g/mol.